The molecule has 0 fully saturated rings. The Labute approximate surface area is 158 Å². The van der Waals surface area contributed by atoms with Crippen LogP contribution in [0.15, 0.2) is 30.6 Å². The number of aliphatic hydroxyl groups excluding tert-OH is 1. The first kappa shape index (κ1) is 18.6. The summed E-state index contributed by atoms with van der Waals surface area (Å²) >= 11 is 5.84. The zero-order chi connectivity index (χ0) is 19.4. The molecule has 8 nitrogen and oxygen atoms in total. The van der Waals surface area contributed by atoms with Crippen LogP contribution in [0.5, 0.6) is 5.75 Å². The van der Waals surface area contributed by atoms with Gasteiger partial charge in [-0.15, -0.1) is 0 Å². The van der Waals surface area contributed by atoms with E-state index in [9.17, 15) is 9.50 Å². The SMILES string of the molecule is N#CCn1cc(-c2ccnc(NCCO)n2)c(-c2cc(O)c(F)c(Cl)c2)n1. The lowest BCUT2D eigenvalue weighted by Gasteiger charge is -2.07. The highest BCUT2D eigenvalue weighted by Gasteiger charge is 2.18. The molecule has 0 saturated carbocycles. The number of aliphatic hydroxyl groups is 1. The van der Waals surface area contributed by atoms with Crippen LogP contribution in [0, 0.1) is 17.1 Å². The van der Waals surface area contributed by atoms with Gasteiger partial charge in [0.25, 0.3) is 0 Å². The standard InChI is InChI=1S/C17H14ClFN6O2/c18-12-7-10(8-14(27)15(12)19)16-11(9-25(24-16)5-2-20)13-1-3-21-17(23-13)22-4-6-26/h1,3,7-9,26-27H,4-6H2,(H,21,22,23). The molecule has 0 unspecified atom stereocenters. The summed E-state index contributed by atoms with van der Waals surface area (Å²) in [6.07, 6.45) is 3.15. The molecule has 0 bridgehead atoms. The second-order valence-electron chi connectivity index (χ2n) is 5.45. The molecule has 0 atom stereocenters. The van der Waals surface area contributed by atoms with Crippen LogP contribution in [-0.4, -0.2) is 43.1 Å². The lowest BCUT2D eigenvalue weighted by molar-refractivity contribution is 0.311. The Hall–Kier alpha value is -3.22. The maximum atomic E-state index is 13.6. The van der Waals surface area contributed by atoms with Crippen molar-refractivity contribution in [3.8, 4) is 34.3 Å². The molecule has 0 aliphatic carbocycles. The van der Waals surface area contributed by atoms with Crippen molar-refractivity contribution < 1.29 is 14.6 Å². The molecule has 0 radical (unpaired) electrons. The first-order chi connectivity index (χ1) is 13.0. The fourth-order valence-electron chi connectivity index (χ4n) is 2.45. The molecule has 0 saturated heterocycles. The third-order valence-electron chi connectivity index (χ3n) is 3.60. The maximum Gasteiger partial charge on any atom is 0.223 e. The van der Waals surface area contributed by atoms with Crippen molar-refractivity contribution in [2.75, 3.05) is 18.5 Å². The summed E-state index contributed by atoms with van der Waals surface area (Å²) < 4.78 is 15.1. The molecule has 2 aromatic heterocycles. The number of anilines is 1. The van der Waals surface area contributed by atoms with Gasteiger partial charge in [-0.1, -0.05) is 11.6 Å². The largest absolute Gasteiger partial charge is 0.505 e. The lowest BCUT2D eigenvalue weighted by atomic mass is 10.1. The molecule has 10 heteroatoms. The minimum Gasteiger partial charge on any atom is -0.505 e. The number of aromatic hydroxyl groups is 1. The Kier molecular flexibility index (Phi) is 5.49. The highest BCUT2D eigenvalue weighted by molar-refractivity contribution is 6.31. The highest BCUT2D eigenvalue weighted by atomic mass is 35.5. The molecule has 0 spiro atoms. The molecule has 2 heterocycles. The van der Waals surface area contributed by atoms with Crippen molar-refractivity contribution >= 4 is 17.5 Å². The molecular formula is C17H14ClFN6O2. The van der Waals surface area contributed by atoms with Gasteiger partial charge in [0.15, 0.2) is 11.6 Å². The minimum absolute atomic E-state index is 0.00535. The average Bonchev–Trinajstić information content (AvgIpc) is 3.08. The summed E-state index contributed by atoms with van der Waals surface area (Å²) in [6, 6.07) is 6.18. The zero-order valence-electron chi connectivity index (χ0n) is 13.9. The van der Waals surface area contributed by atoms with Crippen LogP contribution in [0.2, 0.25) is 5.02 Å². The van der Waals surface area contributed by atoms with E-state index in [4.69, 9.17) is 22.0 Å². The summed E-state index contributed by atoms with van der Waals surface area (Å²) in [6.45, 7) is 0.201. The molecular weight excluding hydrogens is 375 g/mol. The normalized spacial score (nSPS) is 10.6. The van der Waals surface area contributed by atoms with Gasteiger partial charge in [-0.05, 0) is 18.2 Å². The van der Waals surface area contributed by atoms with Crippen molar-refractivity contribution in [3.05, 3.63) is 41.4 Å². The molecule has 1 aromatic carbocycles. The number of aromatic nitrogens is 4. The number of phenols is 1. The molecule has 3 rings (SSSR count). The number of phenolic OH excluding ortho intramolecular Hbond substituents is 1. The summed E-state index contributed by atoms with van der Waals surface area (Å²) in [5.74, 6) is -1.22. The van der Waals surface area contributed by atoms with Crippen molar-refractivity contribution in [1.29, 1.82) is 5.26 Å². The van der Waals surface area contributed by atoms with E-state index in [1.807, 2.05) is 6.07 Å². The van der Waals surface area contributed by atoms with Gasteiger partial charge < -0.3 is 15.5 Å². The fourth-order valence-corrected chi connectivity index (χ4v) is 2.66. The summed E-state index contributed by atoms with van der Waals surface area (Å²) in [7, 11) is 0. The Morgan fingerprint density at radius 2 is 2.19 bits per heavy atom. The van der Waals surface area contributed by atoms with E-state index in [0.29, 0.717) is 28.5 Å². The Morgan fingerprint density at radius 1 is 1.37 bits per heavy atom. The fraction of sp³-hybridized carbons (Fsp3) is 0.176. The van der Waals surface area contributed by atoms with E-state index in [2.05, 4.69) is 20.4 Å². The molecule has 3 aromatic rings. The van der Waals surface area contributed by atoms with Crippen molar-refractivity contribution in [3.63, 3.8) is 0 Å². The third-order valence-corrected chi connectivity index (χ3v) is 3.88. The molecule has 0 aliphatic rings. The van der Waals surface area contributed by atoms with Crippen LogP contribution in [-0.2, 0) is 6.54 Å². The number of halogens is 2. The zero-order valence-corrected chi connectivity index (χ0v) is 14.7. The molecule has 3 N–H and O–H groups in total. The van der Waals surface area contributed by atoms with Gasteiger partial charge in [0.1, 0.15) is 12.2 Å². The molecule has 138 valence electrons. The molecule has 27 heavy (non-hydrogen) atoms. The first-order valence-electron chi connectivity index (χ1n) is 7.84. The van der Waals surface area contributed by atoms with Gasteiger partial charge in [-0.3, -0.25) is 4.68 Å². The lowest BCUT2D eigenvalue weighted by Crippen LogP contribution is -2.08. The number of nitrogens with zero attached hydrogens (tertiary/aromatic N) is 5. The monoisotopic (exact) mass is 388 g/mol. The molecule has 0 amide bonds. The van der Waals surface area contributed by atoms with Gasteiger partial charge in [0.2, 0.25) is 5.95 Å². The predicted molar refractivity (Wildman–Crippen MR) is 96.5 cm³/mol. The Bertz CT molecular complexity index is 994. The second-order valence-corrected chi connectivity index (χ2v) is 5.86. The van der Waals surface area contributed by atoms with Gasteiger partial charge in [-0.2, -0.15) is 10.4 Å². The van der Waals surface area contributed by atoms with Gasteiger partial charge >= 0.3 is 0 Å². The Morgan fingerprint density at radius 3 is 2.89 bits per heavy atom. The minimum atomic E-state index is -0.920. The molecule has 0 aliphatic heterocycles. The van der Waals surface area contributed by atoms with Crippen LogP contribution >= 0.6 is 11.6 Å². The number of benzene rings is 1. The quantitative estimate of drug-likeness (QED) is 0.593. The first-order valence-corrected chi connectivity index (χ1v) is 8.22. The number of nitriles is 1. The van der Waals surface area contributed by atoms with E-state index >= 15 is 0 Å². The van der Waals surface area contributed by atoms with Gasteiger partial charge in [0, 0.05) is 30.1 Å². The highest BCUT2D eigenvalue weighted by Crippen LogP contribution is 2.35. The van der Waals surface area contributed by atoms with Gasteiger partial charge in [0.05, 0.1) is 23.4 Å². The summed E-state index contributed by atoms with van der Waals surface area (Å²) in [5, 5.41) is 34.5. The van der Waals surface area contributed by atoms with E-state index < -0.39 is 11.6 Å². The van der Waals surface area contributed by atoms with Crippen molar-refractivity contribution in [2.24, 2.45) is 0 Å². The van der Waals surface area contributed by atoms with Crippen molar-refractivity contribution in [1.82, 2.24) is 19.7 Å². The number of nitrogens with one attached hydrogen (secondary N) is 1. The second kappa shape index (κ2) is 7.99. The predicted octanol–water partition coefficient (Wildman–Crippen LogP) is 2.43. The Balaban J connectivity index is 2.12. The van der Waals surface area contributed by atoms with Crippen LogP contribution in [0.4, 0.5) is 10.3 Å². The van der Waals surface area contributed by atoms with Crippen LogP contribution < -0.4 is 5.32 Å². The number of hydrogen-bond acceptors (Lipinski definition) is 7. The number of rotatable bonds is 6. The van der Waals surface area contributed by atoms with E-state index in [0.717, 1.165) is 0 Å². The average molecular weight is 389 g/mol. The van der Waals surface area contributed by atoms with E-state index in [-0.39, 0.29) is 24.7 Å². The van der Waals surface area contributed by atoms with E-state index in [1.54, 1.807) is 12.3 Å². The topological polar surface area (TPSA) is 120 Å². The number of hydrogen-bond donors (Lipinski definition) is 3. The summed E-state index contributed by atoms with van der Waals surface area (Å²) in [5.41, 5.74) is 1.77. The smallest absolute Gasteiger partial charge is 0.223 e. The van der Waals surface area contributed by atoms with Crippen LogP contribution in [0.3, 0.4) is 0 Å². The van der Waals surface area contributed by atoms with Crippen molar-refractivity contribution in [2.45, 2.75) is 6.54 Å². The third kappa shape index (κ3) is 3.97. The van der Waals surface area contributed by atoms with Gasteiger partial charge in [-0.25, -0.2) is 14.4 Å². The summed E-state index contributed by atoms with van der Waals surface area (Å²) in [4.78, 5) is 8.43. The van der Waals surface area contributed by atoms with Crippen LogP contribution in [0.25, 0.3) is 22.5 Å². The van der Waals surface area contributed by atoms with Crippen LogP contribution in [0.1, 0.15) is 0 Å². The van der Waals surface area contributed by atoms with E-state index in [1.165, 1.54) is 23.0 Å². The maximum absolute atomic E-state index is 13.6.